The highest BCUT2D eigenvalue weighted by Gasteiger charge is 2.59. The summed E-state index contributed by atoms with van der Waals surface area (Å²) in [5, 5.41) is 4.17. The summed E-state index contributed by atoms with van der Waals surface area (Å²) in [7, 11) is 0. The van der Waals surface area contributed by atoms with E-state index in [9.17, 15) is 0 Å². The molecule has 0 aromatic rings. The maximum Gasteiger partial charge on any atom is 0.0177 e. The topological polar surface area (TPSA) is 15.3 Å². The molecule has 0 aromatic carbocycles. The molecule has 4 aliphatic rings. The Balaban J connectivity index is 1.46. The summed E-state index contributed by atoms with van der Waals surface area (Å²) in [6, 6.07) is 2.44. The zero-order valence-electron chi connectivity index (χ0n) is 13.6. The van der Waals surface area contributed by atoms with Crippen molar-refractivity contribution in [2.45, 2.75) is 83.8 Å². The van der Waals surface area contributed by atoms with Gasteiger partial charge in [0.25, 0.3) is 0 Å². The van der Waals surface area contributed by atoms with E-state index < -0.39 is 0 Å². The second kappa shape index (κ2) is 4.46. The van der Waals surface area contributed by atoms with E-state index in [0.29, 0.717) is 10.8 Å². The van der Waals surface area contributed by atoms with Crippen LogP contribution in [0.2, 0.25) is 0 Å². The van der Waals surface area contributed by atoms with E-state index in [1.165, 1.54) is 58.0 Å². The molecule has 2 aliphatic heterocycles. The summed E-state index contributed by atoms with van der Waals surface area (Å²) in [6.45, 7) is 10.3. The van der Waals surface area contributed by atoms with Crippen LogP contribution in [0.5, 0.6) is 0 Å². The standard InChI is InChI=1S/C18H32N2/c1-17(2)13-6-8-18(3,12-13)16(17)19-14-7-10-20-9-4-5-15(20)11-14/h13-16,19H,4-12H2,1-3H3. The van der Waals surface area contributed by atoms with Gasteiger partial charge in [-0.05, 0) is 74.8 Å². The SMILES string of the molecule is CC12CCC(C1)C(C)(C)C2NC1CCN2CCCC2C1. The van der Waals surface area contributed by atoms with E-state index in [0.717, 1.165) is 24.0 Å². The number of nitrogens with one attached hydrogen (secondary N) is 1. The maximum atomic E-state index is 4.17. The van der Waals surface area contributed by atoms with E-state index in [1.54, 1.807) is 0 Å². The first kappa shape index (κ1) is 13.6. The molecule has 2 heterocycles. The molecule has 2 heteroatoms. The van der Waals surface area contributed by atoms with Crippen LogP contribution in [0.4, 0.5) is 0 Å². The Morgan fingerprint density at radius 1 is 1.05 bits per heavy atom. The molecule has 0 aromatic heterocycles. The molecule has 2 saturated carbocycles. The van der Waals surface area contributed by atoms with Crippen LogP contribution < -0.4 is 5.32 Å². The zero-order valence-corrected chi connectivity index (χ0v) is 13.6. The third-order valence-electron chi connectivity index (χ3n) is 7.49. The lowest BCUT2D eigenvalue weighted by molar-refractivity contribution is 0.0767. The fourth-order valence-electron chi connectivity index (χ4n) is 6.33. The molecule has 2 aliphatic carbocycles. The quantitative estimate of drug-likeness (QED) is 0.831. The van der Waals surface area contributed by atoms with Gasteiger partial charge in [0.05, 0.1) is 0 Å². The van der Waals surface area contributed by atoms with Crippen LogP contribution in [0.1, 0.15) is 65.7 Å². The number of fused-ring (bicyclic) bond motifs is 3. The van der Waals surface area contributed by atoms with Crippen LogP contribution in [0, 0.1) is 16.7 Å². The Bertz CT molecular complexity index is 386. The number of rotatable bonds is 2. The van der Waals surface area contributed by atoms with Crippen molar-refractivity contribution in [2.24, 2.45) is 16.7 Å². The molecule has 2 saturated heterocycles. The van der Waals surface area contributed by atoms with Crippen molar-refractivity contribution in [1.82, 2.24) is 10.2 Å². The fourth-order valence-corrected chi connectivity index (χ4v) is 6.33. The smallest absolute Gasteiger partial charge is 0.0177 e. The van der Waals surface area contributed by atoms with E-state index >= 15 is 0 Å². The predicted octanol–water partition coefficient (Wildman–Crippen LogP) is 3.42. The summed E-state index contributed by atoms with van der Waals surface area (Å²) in [5.74, 6) is 0.969. The molecule has 5 atom stereocenters. The van der Waals surface area contributed by atoms with Crippen molar-refractivity contribution in [2.75, 3.05) is 13.1 Å². The lowest BCUT2D eigenvalue weighted by Crippen LogP contribution is -2.56. The van der Waals surface area contributed by atoms with Crippen LogP contribution in [0.3, 0.4) is 0 Å². The second-order valence-electron chi connectivity index (χ2n) is 9.07. The third-order valence-corrected chi connectivity index (χ3v) is 7.49. The average Bonchev–Trinajstić information content (AvgIpc) is 3.05. The van der Waals surface area contributed by atoms with Gasteiger partial charge in [0.15, 0.2) is 0 Å². The molecule has 0 radical (unpaired) electrons. The molecule has 114 valence electrons. The Hall–Kier alpha value is -0.0800. The van der Waals surface area contributed by atoms with E-state index in [2.05, 4.69) is 31.0 Å². The zero-order chi connectivity index (χ0) is 14.0. The Labute approximate surface area is 124 Å². The minimum atomic E-state index is 0.514. The van der Waals surface area contributed by atoms with Crippen molar-refractivity contribution < 1.29 is 0 Å². The minimum absolute atomic E-state index is 0.514. The summed E-state index contributed by atoms with van der Waals surface area (Å²) >= 11 is 0. The molecular weight excluding hydrogens is 244 g/mol. The van der Waals surface area contributed by atoms with Crippen LogP contribution in [0.15, 0.2) is 0 Å². The van der Waals surface area contributed by atoms with Gasteiger partial charge in [0, 0.05) is 18.1 Å². The van der Waals surface area contributed by atoms with E-state index in [-0.39, 0.29) is 0 Å². The molecule has 0 amide bonds. The molecular formula is C18H32N2. The highest BCUT2D eigenvalue weighted by Crippen LogP contribution is 2.62. The first-order chi connectivity index (χ1) is 9.49. The van der Waals surface area contributed by atoms with Crippen LogP contribution in [-0.2, 0) is 0 Å². The molecule has 5 unspecified atom stereocenters. The lowest BCUT2D eigenvalue weighted by atomic mass is 9.68. The second-order valence-corrected chi connectivity index (χ2v) is 9.07. The first-order valence-electron chi connectivity index (χ1n) is 8.99. The Kier molecular flexibility index (Phi) is 3.03. The average molecular weight is 276 g/mol. The third kappa shape index (κ3) is 1.90. The van der Waals surface area contributed by atoms with Crippen LogP contribution in [0.25, 0.3) is 0 Å². The number of nitrogens with zero attached hydrogens (tertiary/aromatic N) is 1. The minimum Gasteiger partial charge on any atom is -0.310 e. The van der Waals surface area contributed by atoms with Crippen molar-refractivity contribution in [3.05, 3.63) is 0 Å². The van der Waals surface area contributed by atoms with Gasteiger partial charge in [-0.15, -0.1) is 0 Å². The van der Waals surface area contributed by atoms with Gasteiger partial charge in [-0.2, -0.15) is 0 Å². The summed E-state index contributed by atoms with van der Waals surface area (Å²) < 4.78 is 0. The Morgan fingerprint density at radius 3 is 2.65 bits per heavy atom. The van der Waals surface area contributed by atoms with Crippen LogP contribution >= 0.6 is 0 Å². The maximum absolute atomic E-state index is 4.17. The molecule has 2 nitrogen and oxygen atoms in total. The van der Waals surface area contributed by atoms with Gasteiger partial charge in [0.2, 0.25) is 0 Å². The van der Waals surface area contributed by atoms with Crippen LogP contribution in [-0.4, -0.2) is 36.1 Å². The normalized spacial score (nSPS) is 50.5. The molecule has 0 spiro atoms. The Morgan fingerprint density at radius 2 is 1.90 bits per heavy atom. The summed E-state index contributed by atoms with van der Waals surface area (Å²) in [5.41, 5.74) is 1.10. The lowest BCUT2D eigenvalue weighted by Gasteiger charge is -2.47. The molecule has 1 N–H and O–H groups in total. The highest BCUT2D eigenvalue weighted by atomic mass is 15.2. The number of hydrogen-bond donors (Lipinski definition) is 1. The van der Waals surface area contributed by atoms with Crippen molar-refractivity contribution in [3.8, 4) is 0 Å². The molecule has 2 bridgehead atoms. The molecule has 20 heavy (non-hydrogen) atoms. The number of piperidine rings is 1. The molecule has 4 fully saturated rings. The highest BCUT2D eigenvalue weighted by molar-refractivity contribution is 5.13. The van der Waals surface area contributed by atoms with Gasteiger partial charge in [-0.3, -0.25) is 0 Å². The monoisotopic (exact) mass is 276 g/mol. The summed E-state index contributed by atoms with van der Waals surface area (Å²) in [6.07, 6.45) is 10.1. The number of hydrogen-bond acceptors (Lipinski definition) is 2. The van der Waals surface area contributed by atoms with Gasteiger partial charge >= 0.3 is 0 Å². The van der Waals surface area contributed by atoms with E-state index in [4.69, 9.17) is 0 Å². The summed E-state index contributed by atoms with van der Waals surface area (Å²) in [4.78, 5) is 2.74. The van der Waals surface area contributed by atoms with Crippen molar-refractivity contribution in [3.63, 3.8) is 0 Å². The van der Waals surface area contributed by atoms with Gasteiger partial charge in [-0.1, -0.05) is 20.8 Å². The van der Waals surface area contributed by atoms with Crippen molar-refractivity contribution >= 4 is 0 Å². The predicted molar refractivity (Wildman–Crippen MR) is 83.8 cm³/mol. The largest absolute Gasteiger partial charge is 0.310 e. The van der Waals surface area contributed by atoms with Gasteiger partial charge in [-0.25, -0.2) is 0 Å². The van der Waals surface area contributed by atoms with Crippen molar-refractivity contribution in [1.29, 1.82) is 0 Å². The fraction of sp³-hybridized carbons (Fsp3) is 1.00. The van der Waals surface area contributed by atoms with Gasteiger partial charge in [0.1, 0.15) is 0 Å². The van der Waals surface area contributed by atoms with Gasteiger partial charge < -0.3 is 10.2 Å². The molecule has 4 rings (SSSR count). The van der Waals surface area contributed by atoms with E-state index in [1.807, 2.05) is 0 Å². The first-order valence-corrected chi connectivity index (χ1v) is 8.99.